The molecule has 0 aliphatic rings. The van der Waals surface area contributed by atoms with E-state index >= 15 is 0 Å². The van der Waals surface area contributed by atoms with E-state index in [4.69, 9.17) is 5.14 Å². The second kappa shape index (κ2) is 6.91. The number of nitrogens with one attached hydrogen (secondary N) is 2. The molecule has 2 aromatic carbocycles. The average molecular weight is 396 g/mol. The van der Waals surface area contributed by atoms with Gasteiger partial charge in [-0.15, -0.1) is 0 Å². The lowest BCUT2D eigenvalue weighted by atomic mass is 10.2. The third-order valence-corrected chi connectivity index (χ3v) is 5.05. The van der Waals surface area contributed by atoms with E-state index in [1.165, 1.54) is 24.3 Å². The summed E-state index contributed by atoms with van der Waals surface area (Å²) in [5.74, 6) is 0.200. The molecule has 2 heterocycles. The number of aromatic amines is 1. The molecule has 0 amide bonds. The van der Waals surface area contributed by atoms with Gasteiger partial charge >= 0.3 is 0 Å². The molecule has 0 aliphatic heterocycles. The van der Waals surface area contributed by atoms with Crippen LogP contribution < -0.4 is 16.0 Å². The molecular weight excluding hydrogens is 380 g/mol. The Morgan fingerprint density at radius 1 is 1.07 bits per heavy atom. The third-order valence-electron chi connectivity index (χ3n) is 4.12. The lowest BCUT2D eigenvalue weighted by Crippen LogP contribution is -2.15. The van der Waals surface area contributed by atoms with Crippen LogP contribution in [0.1, 0.15) is 5.56 Å². The van der Waals surface area contributed by atoms with Crippen LogP contribution in [0.25, 0.3) is 11.2 Å². The first-order valence-electron chi connectivity index (χ1n) is 8.29. The van der Waals surface area contributed by atoms with Crippen molar-refractivity contribution in [2.24, 2.45) is 5.14 Å². The van der Waals surface area contributed by atoms with Gasteiger partial charge in [0.05, 0.1) is 11.2 Å². The van der Waals surface area contributed by atoms with E-state index in [0.29, 0.717) is 23.4 Å². The van der Waals surface area contributed by atoms with Crippen molar-refractivity contribution in [1.29, 1.82) is 0 Å². The van der Waals surface area contributed by atoms with Gasteiger partial charge in [-0.2, -0.15) is 4.98 Å². The molecular formula is C18H16N6O3S. The molecule has 4 rings (SSSR count). The minimum Gasteiger partial charge on any atom is -0.326 e. The first-order chi connectivity index (χ1) is 13.4. The van der Waals surface area contributed by atoms with Crippen molar-refractivity contribution in [3.63, 3.8) is 0 Å². The number of fused-ring (bicyclic) bond motifs is 1. The molecule has 4 aromatic rings. The molecule has 0 fully saturated rings. The highest BCUT2D eigenvalue weighted by Gasteiger charge is 2.12. The number of rotatable bonds is 5. The van der Waals surface area contributed by atoms with E-state index in [0.717, 1.165) is 5.56 Å². The van der Waals surface area contributed by atoms with E-state index in [2.05, 4.69) is 20.3 Å². The molecule has 0 atom stereocenters. The summed E-state index contributed by atoms with van der Waals surface area (Å²) in [4.78, 5) is 23.8. The standard InChI is InChI=1S/C18H16N6O3S/c19-28(26,27)14-8-6-13(7-9-14)21-18-22-16-15(17(25)23-18)24(11-20-16)10-12-4-2-1-3-5-12/h1-9,11H,10H2,(H2,19,26,27)(H2,21,22,23,25). The number of primary sulfonamides is 1. The Morgan fingerprint density at radius 3 is 2.46 bits per heavy atom. The molecule has 9 nitrogen and oxygen atoms in total. The summed E-state index contributed by atoms with van der Waals surface area (Å²) in [6.07, 6.45) is 1.57. The number of aromatic nitrogens is 4. The lowest BCUT2D eigenvalue weighted by Gasteiger charge is -2.07. The number of hydrogen-bond donors (Lipinski definition) is 3. The minimum atomic E-state index is -3.77. The Hall–Kier alpha value is -3.50. The number of anilines is 2. The molecule has 0 radical (unpaired) electrons. The normalized spacial score (nSPS) is 11.6. The fraction of sp³-hybridized carbons (Fsp3) is 0.0556. The number of H-pyrrole nitrogens is 1. The maximum absolute atomic E-state index is 12.6. The van der Waals surface area contributed by atoms with Gasteiger partial charge in [-0.3, -0.25) is 9.78 Å². The van der Waals surface area contributed by atoms with Crippen molar-refractivity contribution in [3.05, 3.63) is 76.8 Å². The summed E-state index contributed by atoms with van der Waals surface area (Å²) < 4.78 is 24.4. The zero-order valence-electron chi connectivity index (χ0n) is 14.5. The van der Waals surface area contributed by atoms with Gasteiger partial charge in [-0.05, 0) is 29.8 Å². The molecule has 0 saturated carbocycles. The second-order valence-electron chi connectivity index (χ2n) is 6.14. The molecule has 0 saturated heterocycles. The van der Waals surface area contributed by atoms with Crippen LogP contribution in [0.3, 0.4) is 0 Å². The first kappa shape index (κ1) is 17.9. The molecule has 2 aromatic heterocycles. The molecule has 0 unspecified atom stereocenters. The van der Waals surface area contributed by atoms with Crippen molar-refractivity contribution >= 4 is 32.8 Å². The van der Waals surface area contributed by atoms with Gasteiger partial charge in [0.25, 0.3) is 5.56 Å². The van der Waals surface area contributed by atoms with Crippen molar-refractivity contribution in [2.45, 2.75) is 11.4 Å². The Bertz CT molecular complexity index is 1290. The molecule has 0 spiro atoms. The highest BCUT2D eigenvalue weighted by atomic mass is 32.2. The second-order valence-corrected chi connectivity index (χ2v) is 7.70. The summed E-state index contributed by atoms with van der Waals surface area (Å²) in [6, 6.07) is 15.5. The third kappa shape index (κ3) is 3.63. The van der Waals surface area contributed by atoms with Crippen LogP contribution in [0.15, 0.2) is 70.6 Å². The van der Waals surface area contributed by atoms with Gasteiger partial charge in [0.2, 0.25) is 16.0 Å². The predicted octanol–water partition coefficient (Wildman–Crippen LogP) is 1.56. The van der Waals surface area contributed by atoms with Crippen molar-refractivity contribution < 1.29 is 8.42 Å². The largest absolute Gasteiger partial charge is 0.326 e. The van der Waals surface area contributed by atoms with E-state index in [9.17, 15) is 13.2 Å². The van der Waals surface area contributed by atoms with Gasteiger partial charge in [-0.1, -0.05) is 30.3 Å². The monoisotopic (exact) mass is 396 g/mol. The van der Waals surface area contributed by atoms with Crippen molar-refractivity contribution in [3.8, 4) is 0 Å². The van der Waals surface area contributed by atoms with Crippen LogP contribution in [-0.4, -0.2) is 27.9 Å². The van der Waals surface area contributed by atoms with Crippen LogP contribution in [0, 0.1) is 0 Å². The van der Waals surface area contributed by atoms with Gasteiger partial charge in [0.1, 0.15) is 0 Å². The number of sulfonamides is 1. The van der Waals surface area contributed by atoms with E-state index in [1.807, 2.05) is 30.3 Å². The summed E-state index contributed by atoms with van der Waals surface area (Å²) in [7, 11) is -3.77. The number of benzene rings is 2. The van der Waals surface area contributed by atoms with Gasteiger partial charge in [0, 0.05) is 12.2 Å². The Labute approximate surface area is 159 Å². The fourth-order valence-electron chi connectivity index (χ4n) is 2.81. The predicted molar refractivity (Wildman–Crippen MR) is 105 cm³/mol. The van der Waals surface area contributed by atoms with Crippen LogP contribution in [0.5, 0.6) is 0 Å². The highest BCUT2D eigenvalue weighted by molar-refractivity contribution is 7.89. The number of nitrogens with two attached hydrogens (primary N) is 1. The molecule has 4 N–H and O–H groups in total. The van der Waals surface area contributed by atoms with Crippen LogP contribution >= 0.6 is 0 Å². The van der Waals surface area contributed by atoms with Crippen LogP contribution in [0.2, 0.25) is 0 Å². The van der Waals surface area contributed by atoms with Crippen LogP contribution in [0.4, 0.5) is 11.6 Å². The SMILES string of the molecule is NS(=O)(=O)c1ccc(Nc2nc3ncn(Cc4ccccc4)c3c(=O)[nH]2)cc1. The Balaban J connectivity index is 1.62. The summed E-state index contributed by atoms with van der Waals surface area (Å²) in [6.45, 7) is 0.504. The van der Waals surface area contributed by atoms with E-state index in [1.54, 1.807) is 10.9 Å². The average Bonchev–Trinajstić information content (AvgIpc) is 3.05. The molecule has 28 heavy (non-hydrogen) atoms. The summed E-state index contributed by atoms with van der Waals surface area (Å²) in [5, 5.41) is 8.00. The van der Waals surface area contributed by atoms with E-state index < -0.39 is 10.0 Å². The van der Waals surface area contributed by atoms with Gasteiger partial charge in [-0.25, -0.2) is 18.5 Å². The summed E-state index contributed by atoms with van der Waals surface area (Å²) in [5.41, 5.74) is 1.93. The van der Waals surface area contributed by atoms with Crippen molar-refractivity contribution in [1.82, 2.24) is 19.5 Å². The Kier molecular flexibility index (Phi) is 4.41. The van der Waals surface area contributed by atoms with Crippen LogP contribution in [-0.2, 0) is 16.6 Å². The number of imidazole rings is 1. The maximum Gasteiger partial charge on any atom is 0.278 e. The minimum absolute atomic E-state index is 0.00499. The lowest BCUT2D eigenvalue weighted by molar-refractivity contribution is 0.598. The topological polar surface area (TPSA) is 136 Å². The van der Waals surface area contributed by atoms with Gasteiger partial charge < -0.3 is 9.88 Å². The first-order valence-corrected chi connectivity index (χ1v) is 9.84. The summed E-state index contributed by atoms with van der Waals surface area (Å²) >= 11 is 0. The highest BCUT2D eigenvalue weighted by Crippen LogP contribution is 2.17. The number of nitrogens with zero attached hydrogens (tertiary/aromatic N) is 3. The zero-order chi connectivity index (χ0) is 19.7. The molecule has 0 bridgehead atoms. The maximum atomic E-state index is 12.6. The smallest absolute Gasteiger partial charge is 0.278 e. The van der Waals surface area contributed by atoms with E-state index in [-0.39, 0.29) is 16.4 Å². The molecule has 10 heteroatoms. The Morgan fingerprint density at radius 2 is 1.79 bits per heavy atom. The van der Waals surface area contributed by atoms with Gasteiger partial charge in [0.15, 0.2) is 11.2 Å². The number of hydrogen-bond acceptors (Lipinski definition) is 6. The zero-order valence-corrected chi connectivity index (χ0v) is 15.3. The fourth-order valence-corrected chi connectivity index (χ4v) is 3.33. The quantitative estimate of drug-likeness (QED) is 0.468. The molecule has 142 valence electrons. The molecule has 0 aliphatic carbocycles. The van der Waals surface area contributed by atoms with Crippen molar-refractivity contribution in [2.75, 3.05) is 5.32 Å².